The number of amides is 1. The summed E-state index contributed by atoms with van der Waals surface area (Å²) in [6.45, 7) is 2.21. The summed E-state index contributed by atoms with van der Waals surface area (Å²) >= 11 is 0. The number of aryl methyl sites for hydroxylation is 1. The predicted octanol–water partition coefficient (Wildman–Crippen LogP) is 3.51. The van der Waals surface area contributed by atoms with Crippen LogP contribution in [0.3, 0.4) is 0 Å². The van der Waals surface area contributed by atoms with Gasteiger partial charge in [0.05, 0.1) is 13.0 Å². The number of carbonyl (C=O) groups is 1. The van der Waals surface area contributed by atoms with Crippen LogP contribution < -0.4 is 5.32 Å². The Morgan fingerprint density at radius 3 is 2.39 bits per heavy atom. The summed E-state index contributed by atoms with van der Waals surface area (Å²) in [7, 11) is 0. The third-order valence-electron chi connectivity index (χ3n) is 3.57. The molecule has 0 radical (unpaired) electrons. The number of benzene rings is 2. The average Bonchev–Trinajstić information content (AvgIpc) is 3.00. The molecule has 1 heterocycles. The summed E-state index contributed by atoms with van der Waals surface area (Å²) in [6.07, 6.45) is 0.353. The zero-order valence-corrected chi connectivity index (χ0v) is 13.0. The van der Waals surface area contributed by atoms with Gasteiger partial charge in [-0.1, -0.05) is 59.8 Å². The van der Waals surface area contributed by atoms with Crippen LogP contribution >= 0.6 is 0 Å². The Morgan fingerprint density at radius 1 is 1.04 bits per heavy atom. The molecule has 0 bridgehead atoms. The van der Waals surface area contributed by atoms with Crippen molar-refractivity contribution in [3.63, 3.8) is 0 Å². The monoisotopic (exact) mass is 306 g/mol. The fourth-order valence-electron chi connectivity index (χ4n) is 2.38. The zero-order chi connectivity index (χ0) is 16.1. The van der Waals surface area contributed by atoms with E-state index in [1.54, 1.807) is 0 Å². The molecule has 2 aromatic carbocycles. The summed E-state index contributed by atoms with van der Waals surface area (Å²) < 4.78 is 4.97. The van der Waals surface area contributed by atoms with E-state index < -0.39 is 0 Å². The largest absolute Gasteiger partial charge is 0.361 e. The first kappa shape index (κ1) is 15.0. The van der Waals surface area contributed by atoms with Gasteiger partial charge in [-0.3, -0.25) is 4.79 Å². The molecule has 0 unspecified atom stereocenters. The van der Waals surface area contributed by atoms with Crippen molar-refractivity contribution in [2.24, 2.45) is 0 Å². The normalized spacial score (nSPS) is 10.5. The Bertz CT molecular complexity index is 777. The second kappa shape index (κ2) is 6.92. The molecule has 0 saturated heterocycles. The van der Waals surface area contributed by atoms with Gasteiger partial charge < -0.3 is 9.84 Å². The molecule has 3 aromatic rings. The van der Waals surface area contributed by atoms with Crippen molar-refractivity contribution in [3.8, 4) is 11.1 Å². The number of aromatic nitrogens is 1. The van der Waals surface area contributed by atoms with Crippen molar-refractivity contribution in [2.45, 2.75) is 19.9 Å². The summed E-state index contributed by atoms with van der Waals surface area (Å²) in [4.78, 5) is 12.0. The molecule has 0 aliphatic heterocycles. The van der Waals surface area contributed by atoms with Crippen molar-refractivity contribution >= 4 is 5.91 Å². The fraction of sp³-hybridized carbons (Fsp3) is 0.158. The lowest BCUT2D eigenvalue weighted by Crippen LogP contribution is -2.24. The van der Waals surface area contributed by atoms with Gasteiger partial charge in [-0.15, -0.1) is 0 Å². The van der Waals surface area contributed by atoms with Crippen molar-refractivity contribution in [3.05, 3.63) is 77.7 Å². The zero-order valence-electron chi connectivity index (χ0n) is 13.0. The van der Waals surface area contributed by atoms with Gasteiger partial charge in [0.1, 0.15) is 11.5 Å². The van der Waals surface area contributed by atoms with E-state index in [9.17, 15) is 4.79 Å². The Labute approximate surface area is 135 Å². The third-order valence-corrected chi connectivity index (χ3v) is 3.57. The van der Waals surface area contributed by atoms with Crippen LogP contribution in [0.1, 0.15) is 17.0 Å². The Kier molecular flexibility index (Phi) is 4.52. The van der Waals surface area contributed by atoms with Gasteiger partial charge in [0.15, 0.2) is 0 Å². The van der Waals surface area contributed by atoms with Crippen LogP contribution in [0.15, 0.2) is 65.2 Å². The summed E-state index contributed by atoms with van der Waals surface area (Å²) in [5.41, 5.74) is 4.03. The van der Waals surface area contributed by atoms with Gasteiger partial charge in [-0.05, 0) is 23.6 Å². The lowest BCUT2D eigenvalue weighted by atomic mass is 10.0. The Morgan fingerprint density at radius 2 is 1.74 bits per heavy atom. The average molecular weight is 306 g/mol. The molecule has 0 fully saturated rings. The van der Waals surface area contributed by atoms with Gasteiger partial charge in [0.25, 0.3) is 0 Å². The molecule has 23 heavy (non-hydrogen) atoms. The molecular weight excluding hydrogens is 288 g/mol. The molecule has 4 nitrogen and oxygen atoms in total. The van der Waals surface area contributed by atoms with Gasteiger partial charge in [-0.2, -0.15) is 0 Å². The minimum absolute atomic E-state index is 0.0295. The van der Waals surface area contributed by atoms with Crippen LogP contribution in [0.5, 0.6) is 0 Å². The van der Waals surface area contributed by atoms with E-state index in [2.05, 4.69) is 22.6 Å². The molecule has 3 rings (SSSR count). The summed E-state index contributed by atoms with van der Waals surface area (Å²) in [6, 6.07) is 20.0. The van der Waals surface area contributed by atoms with Crippen molar-refractivity contribution < 1.29 is 9.32 Å². The molecule has 1 N–H and O–H groups in total. The molecule has 0 atom stereocenters. The summed E-state index contributed by atoms with van der Waals surface area (Å²) in [5, 5.41) is 6.70. The standard InChI is InChI=1S/C19H18N2O2/c1-14-11-18(21-23-14)13-20-19(22)12-15-7-9-17(10-8-15)16-5-3-2-4-6-16/h2-11H,12-13H2,1H3,(H,20,22). The molecule has 1 amide bonds. The van der Waals surface area contributed by atoms with Gasteiger partial charge in [-0.25, -0.2) is 0 Å². The van der Waals surface area contributed by atoms with Gasteiger partial charge in [0.2, 0.25) is 5.91 Å². The summed E-state index contributed by atoms with van der Waals surface area (Å²) in [5.74, 6) is 0.712. The van der Waals surface area contributed by atoms with Crippen LogP contribution in [-0.2, 0) is 17.8 Å². The number of hydrogen-bond acceptors (Lipinski definition) is 3. The third kappa shape index (κ3) is 4.07. The smallest absolute Gasteiger partial charge is 0.224 e. The molecular formula is C19H18N2O2. The number of nitrogens with one attached hydrogen (secondary N) is 1. The van der Waals surface area contributed by atoms with E-state index in [1.165, 1.54) is 5.56 Å². The minimum atomic E-state index is -0.0295. The Balaban J connectivity index is 1.56. The maximum absolute atomic E-state index is 12.0. The molecule has 4 heteroatoms. The molecule has 0 aliphatic carbocycles. The molecule has 1 aromatic heterocycles. The van der Waals surface area contributed by atoms with E-state index >= 15 is 0 Å². The quantitative estimate of drug-likeness (QED) is 0.785. The van der Waals surface area contributed by atoms with E-state index in [0.717, 1.165) is 22.6 Å². The second-order valence-corrected chi connectivity index (χ2v) is 5.45. The highest BCUT2D eigenvalue weighted by atomic mass is 16.5. The van der Waals surface area contributed by atoms with E-state index in [-0.39, 0.29) is 5.91 Å². The number of hydrogen-bond donors (Lipinski definition) is 1. The molecule has 0 spiro atoms. The molecule has 0 aliphatic rings. The van der Waals surface area contributed by atoms with Crippen LogP contribution in [0.25, 0.3) is 11.1 Å². The van der Waals surface area contributed by atoms with Crippen LogP contribution in [0.4, 0.5) is 0 Å². The molecule has 116 valence electrons. The SMILES string of the molecule is Cc1cc(CNC(=O)Cc2ccc(-c3ccccc3)cc2)no1. The van der Waals surface area contributed by atoms with E-state index in [1.807, 2.05) is 55.5 Å². The number of rotatable bonds is 5. The lowest BCUT2D eigenvalue weighted by Gasteiger charge is -2.05. The predicted molar refractivity (Wildman–Crippen MR) is 88.7 cm³/mol. The highest BCUT2D eigenvalue weighted by Gasteiger charge is 2.06. The lowest BCUT2D eigenvalue weighted by molar-refractivity contribution is -0.120. The van der Waals surface area contributed by atoms with Crippen molar-refractivity contribution in [1.29, 1.82) is 0 Å². The highest BCUT2D eigenvalue weighted by Crippen LogP contribution is 2.19. The first-order valence-corrected chi connectivity index (χ1v) is 7.54. The van der Waals surface area contributed by atoms with Crippen molar-refractivity contribution in [1.82, 2.24) is 10.5 Å². The van der Waals surface area contributed by atoms with Crippen molar-refractivity contribution in [2.75, 3.05) is 0 Å². The second-order valence-electron chi connectivity index (χ2n) is 5.45. The maximum atomic E-state index is 12.0. The molecule has 0 saturated carbocycles. The van der Waals surface area contributed by atoms with E-state index in [0.29, 0.717) is 13.0 Å². The van der Waals surface area contributed by atoms with Crippen LogP contribution in [0.2, 0.25) is 0 Å². The minimum Gasteiger partial charge on any atom is -0.361 e. The first-order valence-electron chi connectivity index (χ1n) is 7.54. The van der Waals surface area contributed by atoms with Crippen LogP contribution in [0, 0.1) is 6.92 Å². The van der Waals surface area contributed by atoms with E-state index in [4.69, 9.17) is 4.52 Å². The number of nitrogens with zero attached hydrogens (tertiary/aromatic N) is 1. The fourth-order valence-corrected chi connectivity index (χ4v) is 2.38. The Hall–Kier alpha value is -2.88. The number of carbonyl (C=O) groups excluding carboxylic acids is 1. The van der Waals surface area contributed by atoms with Crippen LogP contribution in [-0.4, -0.2) is 11.1 Å². The maximum Gasteiger partial charge on any atom is 0.224 e. The van der Waals surface area contributed by atoms with Gasteiger partial charge >= 0.3 is 0 Å². The first-order chi connectivity index (χ1) is 11.2. The highest BCUT2D eigenvalue weighted by molar-refractivity contribution is 5.78. The van der Waals surface area contributed by atoms with Gasteiger partial charge in [0, 0.05) is 6.07 Å². The topological polar surface area (TPSA) is 55.1 Å².